The summed E-state index contributed by atoms with van der Waals surface area (Å²) >= 11 is 6.15. The molecule has 0 atom stereocenters. The van der Waals surface area contributed by atoms with Gasteiger partial charge in [-0.15, -0.1) is 0 Å². The van der Waals surface area contributed by atoms with Crippen molar-refractivity contribution < 1.29 is 0 Å². The lowest BCUT2D eigenvalue weighted by atomic mass is 10.1. The van der Waals surface area contributed by atoms with Gasteiger partial charge in [-0.2, -0.15) is 5.10 Å². The Morgan fingerprint density at radius 3 is 2.28 bits per heavy atom. The molecule has 0 bridgehead atoms. The van der Waals surface area contributed by atoms with E-state index in [-0.39, 0.29) is 0 Å². The molecule has 6 aromatic rings. The van der Waals surface area contributed by atoms with E-state index < -0.39 is 0 Å². The Hall–Kier alpha value is -4.82. The number of nitrogens with one attached hydrogen (secondary N) is 2. The molecule has 0 saturated carbocycles. The largest absolute Gasteiger partial charge is 0.340 e. The molecule has 36 heavy (non-hydrogen) atoms. The fourth-order valence-electron chi connectivity index (χ4n) is 3.85. The van der Waals surface area contributed by atoms with Crippen molar-refractivity contribution in [1.82, 2.24) is 29.7 Å². The van der Waals surface area contributed by atoms with Crippen molar-refractivity contribution in [2.24, 2.45) is 0 Å². The Bertz CT molecular complexity index is 1650. The van der Waals surface area contributed by atoms with Crippen molar-refractivity contribution in [1.29, 1.82) is 0 Å². The number of anilines is 4. The molecule has 0 unspecified atom stereocenters. The summed E-state index contributed by atoms with van der Waals surface area (Å²) in [5, 5.41) is 12.6. The van der Waals surface area contributed by atoms with Crippen molar-refractivity contribution in [2.75, 3.05) is 10.6 Å². The van der Waals surface area contributed by atoms with Crippen LogP contribution in [0.4, 0.5) is 23.0 Å². The summed E-state index contributed by atoms with van der Waals surface area (Å²) in [6.45, 7) is 0. The minimum atomic E-state index is 0.635. The van der Waals surface area contributed by atoms with Gasteiger partial charge in [-0.3, -0.25) is 0 Å². The third-order valence-corrected chi connectivity index (χ3v) is 5.81. The quantitative estimate of drug-likeness (QED) is 0.278. The van der Waals surface area contributed by atoms with E-state index >= 15 is 0 Å². The average Bonchev–Trinajstić information content (AvgIpc) is 3.36. The van der Waals surface area contributed by atoms with Crippen LogP contribution in [0.3, 0.4) is 0 Å². The van der Waals surface area contributed by atoms with Gasteiger partial charge in [-0.05, 0) is 42.5 Å². The van der Waals surface area contributed by atoms with E-state index in [0.29, 0.717) is 16.5 Å². The van der Waals surface area contributed by atoms with Crippen LogP contribution >= 0.6 is 11.6 Å². The molecule has 2 N–H and O–H groups in total. The number of halogens is 1. The van der Waals surface area contributed by atoms with E-state index in [1.807, 2.05) is 84.9 Å². The van der Waals surface area contributed by atoms with Gasteiger partial charge in [0.1, 0.15) is 24.3 Å². The number of fused-ring (bicyclic) bond motifs is 1. The van der Waals surface area contributed by atoms with Crippen LogP contribution in [0.25, 0.3) is 28.0 Å². The summed E-state index contributed by atoms with van der Waals surface area (Å²) in [5.41, 5.74) is 5.20. The standard InChI is InChI=1S/C27H19ClN8/c28-19-7-4-8-22(13-19)36-27-23(15-33-36)26(31-17-32-27)35-21-11-9-20(10-12-21)34-25-14-24(29-16-30-25)18-5-2-1-3-6-18/h1-17H,(H,29,30,34)(H,31,32,35). The van der Waals surface area contributed by atoms with E-state index in [2.05, 4.69) is 35.7 Å². The molecule has 0 amide bonds. The van der Waals surface area contributed by atoms with Crippen molar-refractivity contribution >= 4 is 45.6 Å². The first-order valence-electron chi connectivity index (χ1n) is 11.2. The van der Waals surface area contributed by atoms with Crippen LogP contribution < -0.4 is 10.6 Å². The van der Waals surface area contributed by atoms with Gasteiger partial charge in [-0.1, -0.05) is 48.0 Å². The Morgan fingerprint density at radius 1 is 0.694 bits per heavy atom. The number of nitrogens with zero attached hydrogens (tertiary/aromatic N) is 6. The monoisotopic (exact) mass is 490 g/mol. The predicted octanol–water partition coefficient (Wildman–Crippen LogP) is 6.41. The Labute approximate surface area is 211 Å². The van der Waals surface area contributed by atoms with Crippen LogP contribution in [0, 0.1) is 0 Å². The highest BCUT2D eigenvalue weighted by molar-refractivity contribution is 6.30. The van der Waals surface area contributed by atoms with E-state index in [1.165, 1.54) is 6.33 Å². The minimum Gasteiger partial charge on any atom is -0.340 e. The molecule has 0 spiro atoms. The summed E-state index contributed by atoms with van der Waals surface area (Å²) in [6.07, 6.45) is 4.82. The van der Waals surface area contributed by atoms with Gasteiger partial charge < -0.3 is 10.6 Å². The summed E-state index contributed by atoms with van der Waals surface area (Å²) in [6, 6.07) is 27.3. The van der Waals surface area contributed by atoms with Crippen LogP contribution in [0.5, 0.6) is 0 Å². The predicted molar refractivity (Wildman–Crippen MR) is 142 cm³/mol. The number of hydrogen-bond acceptors (Lipinski definition) is 7. The number of hydrogen-bond donors (Lipinski definition) is 2. The maximum Gasteiger partial charge on any atom is 0.168 e. The van der Waals surface area contributed by atoms with Crippen molar-refractivity contribution in [2.45, 2.75) is 0 Å². The molecule has 0 aliphatic rings. The fraction of sp³-hybridized carbons (Fsp3) is 0. The molecule has 3 aromatic heterocycles. The molecule has 9 heteroatoms. The molecule has 3 heterocycles. The molecule has 0 aliphatic heterocycles. The van der Waals surface area contributed by atoms with Crippen LogP contribution in [-0.2, 0) is 0 Å². The van der Waals surface area contributed by atoms with Gasteiger partial charge in [0.05, 0.1) is 23.0 Å². The second-order valence-electron chi connectivity index (χ2n) is 7.98. The lowest BCUT2D eigenvalue weighted by Gasteiger charge is -2.10. The zero-order valence-electron chi connectivity index (χ0n) is 18.9. The molecule has 0 fully saturated rings. The smallest absolute Gasteiger partial charge is 0.168 e. The second-order valence-corrected chi connectivity index (χ2v) is 8.41. The van der Waals surface area contributed by atoms with Crippen LogP contribution in [0.2, 0.25) is 5.02 Å². The van der Waals surface area contributed by atoms with Crippen molar-refractivity contribution in [3.63, 3.8) is 0 Å². The zero-order valence-corrected chi connectivity index (χ0v) is 19.6. The lowest BCUT2D eigenvalue weighted by molar-refractivity contribution is 0.895. The van der Waals surface area contributed by atoms with Crippen molar-refractivity contribution in [3.05, 3.63) is 109 Å². The molecule has 174 valence electrons. The molecule has 0 saturated heterocycles. The molecular formula is C27H19ClN8. The molecule has 0 aliphatic carbocycles. The van der Waals surface area contributed by atoms with E-state index in [4.69, 9.17) is 11.6 Å². The first kappa shape index (κ1) is 21.7. The Morgan fingerprint density at radius 2 is 1.47 bits per heavy atom. The third kappa shape index (κ3) is 4.45. The summed E-state index contributed by atoms with van der Waals surface area (Å²) in [5.74, 6) is 1.38. The number of rotatable bonds is 6. The van der Waals surface area contributed by atoms with Crippen LogP contribution in [0.15, 0.2) is 104 Å². The maximum atomic E-state index is 6.15. The molecular weight excluding hydrogens is 472 g/mol. The highest BCUT2D eigenvalue weighted by Gasteiger charge is 2.12. The summed E-state index contributed by atoms with van der Waals surface area (Å²) < 4.78 is 1.74. The van der Waals surface area contributed by atoms with Gasteiger partial charge in [0.2, 0.25) is 0 Å². The van der Waals surface area contributed by atoms with Gasteiger partial charge in [0.15, 0.2) is 5.65 Å². The van der Waals surface area contributed by atoms with Gasteiger partial charge in [0, 0.05) is 28.0 Å². The maximum absolute atomic E-state index is 6.15. The highest BCUT2D eigenvalue weighted by atomic mass is 35.5. The Kier molecular flexibility index (Phi) is 5.69. The van der Waals surface area contributed by atoms with E-state index in [9.17, 15) is 0 Å². The first-order chi connectivity index (χ1) is 17.7. The van der Waals surface area contributed by atoms with Gasteiger partial charge >= 0.3 is 0 Å². The van der Waals surface area contributed by atoms with Crippen LogP contribution in [0.1, 0.15) is 0 Å². The Balaban J connectivity index is 1.21. The minimum absolute atomic E-state index is 0.635. The fourth-order valence-corrected chi connectivity index (χ4v) is 4.04. The molecule has 6 rings (SSSR count). The third-order valence-electron chi connectivity index (χ3n) is 5.58. The molecule has 0 radical (unpaired) electrons. The number of benzene rings is 3. The molecule has 8 nitrogen and oxygen atoms in total. The van der Waals surface area contributed by atoms with Crippen molar-refractivity contribution in [3.8, 4) is 16.9 Å². The highest BCUT2D eigenvalue weighted by Crippen LogP contribution is 2.27. The van der Waals surface area contributed by atoms with Crippen LogP contribution in [-0.4, -0.2) is 29.7 Å². The normalized spacial score (nSPS) is 10.9. The van der Waals surface area contributed by atoms with E-state index in [0.717, 1.165) is 39.5 Å². The van der Waals surface area contributed by atoms with Gasteiger partial charge in [0.25, 0.3) is 0 Å². The summed E-state index contributed by atoms with van der Waals surface area (Å²) in [4.78, 5) is 17.6. The first-order valence-corrected chi connectivity index (χ1v) is 11.6. The van der Waals surface area contributed by atoms with Gasteiger partial charge in [-0.25, -0.2) is 24.6 Å². The van der Waals surface area contributed by atoms with E-state index in [1.54, 1.807) is 17.2 Å². The average molecular weight is 491 g/mol. The molecule has 3 aromatic carbocycles. The topological polar surface area (TPSA) is 93.4 Å². The lowest BCUT2D eigenvalue weighted by Crippen LogP contribution is -2.00. The zero-order chi connectivity index (χ0) is 24.3. The number of aromatic nitrogens is 6. The second kappa shape index (κ2) is 9.44. The summed E-state index contributed by atoms with van der Waals surface area (Å²) in [7, 11) is 0. The SMILES string of the molecule is Clc1cccc(-n2ncc3c(Nc4ccc(Nc5cc(-c6ccccc6)ncn5)cc4)ncnc32)c1.